The van der Waals surface area contributed by atoms with E-state index in [0.717, 1.165) is 25.1 Å². The molecular weight excluding hydrogens is 404 g/mol. The van der Waals surface area contributed by atoms with E-state index in [1.54, 1.807) is 24.4 Å². The number of morpholine rings is 1. The molecule has 2 aliphatic rings. The van der Waals surface area contributed by atoms with E-state index in [9.17, 15) is 13.2 Å². The lowest BCUT2D eigenvalue weighted by Gasteiger charge is -2.26. The van der Waals surface area contributed by atoms with Crippen molar-refractivity contribution in [1.82, 2.24) is 14.2 Å². The van der Waals surface area contributed by atoms with Gasteiger partial charge in [-0.15, -0.1) is 0 Å². The van der Waals surface area contributed by atoms with E-state index < -0.39 is 10.0 Å². The van der Waals surface area contributed by atoms with Crippen LogP contribution in [-0.2, 0) is 19.6 Å². The van der Waals surface area contributed by atoms with Gasteiger partial charge in [0.1, 0.15) is 0 Å². The van der Waals surface area contributed by atoms with Gasteiger partial charge in [0.05, 0.1) is 36.4 Å². The number of hydrogen-bond donors (Lipinski definition) is 1. The van der Waals surface area contributed by atoms with Gasteiger partial charge in [0.2, 0.25) is 15.9 Å². The number of carbonyl (C=O) groups excluding carboxylic acids is 1. The van der Waals surface area contributed by atoms with Crippen LogP contribution in [0.4, 0.5) is 5.69 Å². The normalized spacial score (nSPS) is 20.9. The predicted octanol–water partition coefficient (Wildman–Crippen LogP) is 1.88. The number of pyridine rings is 1. The number of benzene rings is 1. The number of rotatable bonds is 6. The average molecular weight is 431 g/mol. The van der Waals surface area contributed by atoms with Gasteiger partial charge >= 0.3 is 0 Å². The standard InChI is InChI=1S/C21H26N4O4S/c26-21(16-24-10-4-8-20(24)19-7-1-2-9-22-19)23-17-5-3-6-18(15-17)30(27,28)25-11-13-29-14-12-25/h1-3,5-7,9,15,20H,4,8,10-14,16H2,(H,23,26). The summed E-state index contributed by atoms with van der Waals surface area (Å²) in [6.45, 7) is 2.53. The van der Waals surface area contributed by atoms with E-state index in [-0.39, 0.29) is 23.4 Å². The van der Waals surface area contributed by atoms with Gasteiger partial charge in [0, 0.05) is 25.0 Å². The number of sulfonamides is 1. The van der Waals surface area contributed by atoms with Gasteiger partial charge in [-0.3, -0.25) is 14.7 Å². The molecule has 1 atom stereocenters. The first-order chi connectivity index (χ1) is 14.5. The van der Waals surface area contributed by atoms with Gasteiger partial charge in [-0.05, 0) is 49.7 Å². The zero-order valence-corrected chi connectivity index (χ0v) is 17.6. The van der Waals surface area contributed by atoms with E-state index >= 15 is 0 Å². The molecule has 160 valence electrons. The Balaban J connectivity index is 1.42. The minimum Gasteiger partial charge on any atom is -0.379 e. The summed E-state index contributed by atoms with van der Waals surface area (Å²) < 4.78 is 32.3. The first-order valence-corrected chi connectivity index (χ1v) is 11.6. The Kier molecular flexibility index (Phi) is 6.43. The van der Waals surface area contributed by atoms with E-state index in [4.69, 9.17) is 4.74 Å². The van der Waals surface area contributed by atoms with Crippen molar-refractivity contribution in [2.45, 2.75) is 23.8 Å². The van der Waals surface area contributed by atoms with Gasteiger partial charge in [0.25, 0.3) is 0 Å². The Morgan fingerprint density at radius 1 is 1.13 bits per heavy atom. The van der Waals surface area contributed by atoms with Crippen LogP contribution in [0.15, 0.2) is 53.6 Å². The number of hydrogen-bond acceptors (Lipinski definition) is 6. The Morgan fingerprint density at radius 2 is 1.97 bits per heavy atom. The summed E-state index contributed by atoms with van der Waals surface area (Å²) in [5.74, 6) is -0.168. The number of nitrogens with one attached hydrogen (secondary N) is 1. The number of amides is 1. The minimum atomic E-state index is -3.60. The summed E-state index contributed by atoms with van der Waals surface area (Å²) in [5.41, 5.74) is 1.45. The van der Waals surface area contributed by atoms with Crippen LogP contribution in [0.25, 0.3) is 0 Å². The van der Waals surface area contributed by atoms with Crippen LogP contribution in [0.1, 0.15) is 24.6 Å². The Hall–Kier alpha value is -2.33. The number of nitrogens with zero attached hydrogens (tertiary/aromatic N) is 3. The van der Waals surface area contributed by atoms with E-state index in [1.807, 2.05) is 18.2 Å². The molecule has 3 heterocycles. The van der Waals surface area contributed by atoms with E-state index in [0.29, 0.717) is 32.0 Å². The summed E-state index contributed by atoms with van der Waals surface area (Å²) in [6.07, 6.45) is 3.76. The molecule has 2 aromatic rings. The van der Waals surface area contributed by atoms with Crippen molar-refractivity contribution in [3.05, 3.63) is 54.4 Å². The number of aromatic nitrogens is 1. The Morgan fingerprint density at radius 3 is 2.73 bits per heavy atom. The number of likely N-dealkylation sites (tertiary alicyclic amines) is 1. The van der Waals surface area contributed by atoms with Crippen LogP contribution in [0, 0.1) is 0 Å². The first kappa shape index (κ1) is 20.9. The maximum Gasteiger partial charge on any atom is 0.243 e. The van der Waals surface area contributed by atoms with Crippen molar-refractivity contribution in [3.63, 3.8) is 0 Å². The van der Waals surface area contributed by atoms with E-state index in [2.05, 4.69) is 15.2 Å². The molecule has 2 fully saturated rings. The summed E-state index contributed by atoms with van der Waals surface area (Å²) in [5, 5.41) is 2.85. The van der Waals surface area contributed by atoms with Gasteiger partial charge < -0.3 is 10.1 Å². The molecule has 2 aliphatic heterocycles. The smallest absolute Gasteiger partial charge is 0.243 e. The van der Waals surface area contributed by atoms with E-state index in [1.165, 1.54) is 10.4 Å². The monoisotopic (exact) mass is 430 g/mol. The van der Waals surface area contributed by atoms with Crippen LogP contribution < -0.4 is 5.32 Å². The highest BCUT2D eigenvalue weighted by Crippen LogP contribution is 2.30. The number of ether oxygens (including phenoxy) is 1. The van der Waals surface area contributed by atoms with Gasteiger partial charge in [-0.1, -0.05) is 12.1 Å². The second kappa shape index (κ2) is 9.22. The maximum absolute atomic E-state index is 12.8. The molecule has 0 bridgehead atoms. The molecule has 1 aromatic heterocycles. The average Bonchev–Trinajstić information content (AvgIpc) is 3.23. The summed E-state index contributed by atoms with van der Waals surface area (Å²) in [6, 6.07) is 12.4. The molecule has 1 amide bonds. The molecule has 1 aromatic carbocycles. The number of anilines is 1. The lowest BCUT2D eigenvalue weighted by molar-refractivity contribution is -0.117. The third kappa shape index (κ3) is 4.70. The van der Waals surface area contributed by atoms with Gasteiger partial charge in [-0.2, -0.15) is 4.31 Å². The second-order valence-electron chi connectivity index (χ2n) is 7.48. The zero-order chi connectivity index (χ0) is 21.0. The van der Waals surface area contributed by atoms with Crippen LogP contribution in [0.2, 0.25) is 0 Å². The van der Waals surface area contributed by atoms with Crippen LogP contribution >= 0.6 is 0 Å². The fourth-order valence-electron chi connectivity index (χ4n) is 3.98. The largest absolute Gasteiger partial charge is 0.379 e. The highest BCUT2D eigenvalue weighted by molar-refractivity contribution is 7.89. The summed E-state index contributed by atoms with van der Waals surface area (Å²) in [4.78, 5) is 19.4. The molecular formula is C21H26N4O4S. The predicted molar refractivity (Wildman–Crippen MR) is 112 cm³/mol. The zero-order valence-electron chi connectivity index (χ0n) is 16.7. The minimum absolute atomic E-state index is 0.130. The molecule has 0 saturated carbocycles. The molecule has 1 N–H and O–H groups in total. The first-order valence-electron chi connectivity index (χ1n) is 10.2. The number of carbonyl (C=O) groups is 1. The van der Waals surface area contributed by atoms with Gasteiger partial charge in [0.15, 0.2) is 0 Å². The van der Waals surface area contributed by atoms with Crippen molar-refractivity contribution in [2.75, 3.05) is 44.7 Å². The quantitative estimate of drug-likeness (QED) is 0.752. The summed E-state index contributed by atoms with van der Waals surface area (Å²) in [7, 11) is -3.60. The van der Waals surface area contributed by atoms with Crippen molar-refractivity contribution in [3.8, 4) is 0 Å². The lowest BCUT2D eigenvalue weighted by Crippen LogP contribution is -2.40. The van der Waals surface area contributed by atoms with Crippen molar-refractivity contribution >= 4 is 21.6 Å². The molecule has 0 radical (unpaired) electrons. The molecule has 0 spiro atoms. The maximum atomic E-state index is 12.8. The van der Waals surface area contributed by atoms with Gasteiger partial charge in [-0.25, -0.2) is 8.42 Å². The molecule has 30 heavy (non-hydrogen) atoms. The third-order valence-corrected chi connectivity index (χ3v) is 7.36. The third-order valence-electron chi connectivity index (χ3n) is 5.47. The SMILES string of the molecule is O=C(CN1CCCC1c1ccccn1)Nc1cccc(S(=O)(=O)N2CCOCC2)c1. The fraction of sp³-hybridized carbons (Fsp3) is 0.429. The highest BCUT2D eigenvalue weighted by atomic mass is 32.2. The summed E-state index contributed by atoms with van der Waals surface area (Å²) >= 11 is 0. The highest BCUT2D eigenvalue weighted by Gasteiger charge is 2.29. The molecule has 1 unspecified atom stereocenters. The molecule has 0 aliphatic carbocycles. The molecule has 8 nitrogen and oxygen atoms in total. The fourth-order valence-corrected chi connectivity index (χ4v) is 5.43. The molecule has 9 heteroatoms. The van der Waals surface area contributed by atoms with Crippen molar-refractivity contribution < 1.29 is 17.9 Å². The lowest BCUT2D eigenvalue weighted by atomic mass is 10.1. The molecule has 4 rings (SSSR count). The van der Waals surface area contributed by atoms with Crippen LogP contribution in [0.5, 0.6) is 0 Å². The van der Waals surface area contributed by atoms with Crippen molar-refractivity contribution in [2.24, 2.45) is 0 Å². The van der Waals surface area contributed by atoms with Crippen LogP contribution in [0.3, 0.4) is 0 Å². The van der Waals surface area contributed by atoms with Crippen LogP contribution in [-0.4, -0.2) is 67.9 Å². The Bertz CT molecular complexity index is 978. The van der Waals surface area contributed by atoms with Crippen molar-refractivity contribution in [1.29, 1.82) is 0 Å². The Labute approximate surface area is 176 Å². The second-order valence-corrected chi connectivity index (χ2v) is 9.41. The molecule has 2 saturated heterocycles. The topological polar surface area (TPSA) is 91.8 Å².